The highest BCUT2D eigenvalue weighted by Crippen LogP contribution is 2.46. The third-order valence-corrected chi connectivity index (χ3v) is 3.49. The van der Waals surface area contributed by atoms with Gasteiger partial charge in [-0.1, -0.05) is 6.92 Å². The number of hydrogen-bond acceptors (Lipinski definition) is 6. The normalized spacial score (nSPS) is 13.9. The van der Waals surface area contributed by atoms with Crippen molar-refractivity contribution >= 4 is 17.9 Å². The molecule has 0 aromatic rings. The van der Waals surface area contributed by atoms with Gasteiger partial charge in [0.15, 0.2) is 0 Å². The Morgan fingerprint density at radius 1 is 0.895 bits per heavy atom. The summed E-state index contributed by atoms with van der Waals surface area (Å²) >= 11 is 0. The number of carboxylic acid groups (broad SMARTS) is 3. The molecule has 19 heavy (non-hydrogen) atoms. The Bertz CT molecular complexity index is 335. The lowest BCUT2D eigenvalue weighted by Gasteiger charge is -2.43. The molecule has 0 amide bonds. The molecule has 1 unspecified atom stereocenters. The van der Waals surface area contributed by atoms with E-state index in [1.54, 1.807) is 0 Å². The van der Waals surface area contributed by atoms with Gasteiger partial charge in [0, 0.05) is 6.61 Å². The number of rotatable bonds is 8. The van der Waals surface area contributed by atoms with Crippen molar-refractivity contribution in [2.45, 2.75) is 6.92 Å². The molecule has 0 saturated heterocycles. The Hall–Kier alpha value is -1.71. The number of aliphatic hydroxyl groups excluding tert-OH is 3. The molecule has 9 heteroatoms. The molecule has 0 spiro atoms. The highest BCUT2D eigenvalue weighted by atomic mass is 16.4. The second-order valence-electron chi connectivity index (χ2n) is 4.22. The maximum absolute atomic E-state index is 11.2. The first kappa shape index (κ1) is 17.3. The van der Waals surface area contributed by atoms with Crippen LogP contribution in [0.5, 0.6) is 0 Å². The van der Waals surface area contributed by atoms with Gasteiger partial charge < -0.3 is 30.6 Å². The first-order valence-electron chi connectivity index (χ1n) is 5.21. The van der Waals surface area contributed by atoms with Crippen LogP contribution in [0.4, 0.5) is 0 Å². The minimum atomic E-state index is -3.47. The van der Waals surface area contributed by atoms with Crippen LogP contribution in [-0.2, 0) is 14.4 Å². The summed E-state index contributed by atoms with van der Waals surface area (Å²) in [5.41, 5.74) is -5.94. The predicted octanol–water partition coefficient (Wildman–Crippen LogP) is -2.17. The fourth-order valence-electron chi connectivity index (χ4n) is 2.06. The van der Waals surface area contributed by atoms with Gasteiger partial charge >= 0.3 is 17.9 Å². The molecule has 0 aromatic heterocycles. The molecule has 110 valence electrons. The van der Waals surface area contributed by atoms with E-state index in [9.17, 15) is 24.6 Å². The smallest absolute Gasteiger partial charge is 0.333 e. The standard InChI is InChI=1S/C10H16O9/c1-5(2-11)9(3-12,4-13)10(6(14)15,7(16)17)8(18)19/h5,11-13H,2-4H2,1H3,(H,14,15)(H,16,17)(H,18,19). The Morgan fingerprint density at radius 2 is 1.21 bits per heavy atom. The summed E-state index contributed by atoms with van der Waals surface area (Å²) in [5.74, 6) is -8.01. The van der Waals surface area contributed by atoms with Gasteiger partial charge in [0.2, 0.25) is 0 Å². The van der Waals surface area contributed by atoms with Crippen molar-refractivity contribution < 1.29 is 45.0 Å². The minimum Gasteiger partial charge on any atom is -0.480 e. The van der Waals surface area contributed by atoms with Gasteiger partial charge in [-0.25, -0.2) is 0 Å². The van der Waals surface area contributed by atoms with Crippen LogP contribution >= 0.6 is 0 Å². The summed E-state index contributed by atoms with van der Waals surface area (Å²) in [6.07, 6.45) is 0. The van der Waals surface area contributed by atoms with E-state index in [4.69, 9.17) is 20.4 Å². The number of carbonyl (C=O) groups is 3. The molecule has 0 heterocycles. The predicted molar refractivity (Wildman–Crippen MR) is 58.2 cm³/mol. The fraction of sp³-hybridized carbons (Fsp3) is 0.700. The lowest BCUT2D eigenvalue weighted by molar-refractivity contribution is -0.201. The molecule has 9 nitrogen and oxygen atoms in total. The monoisotopic (exact) mass is 280 g/mol. The van der Waals surface area contributed by atoms with Gasteiger partial charge in [-0.3, -0.25) is 14.4 Å². The van der Waals surface area contributed by atoms with Gasteiger partial charge in [-0.2, -0.15) is 0 Å². The van der Waals surface area contributed by atoms with Crippen molar-refractivity contribution in [2.24, 2.45) is 16.7 Å². The minimum absolute atomic E-state index is 0.809. The number of aliphatic carboxylic acids is 3. The Kier molecular flexibility index (Phi) is 5.42. The Balaban J connectivity index is 6.43. The Morgan fingerprint density at radius 3 is 1.37 bits per heavy atom. The van der Waals surface area contributed by atoms with E-state index in [1.807, 2.05) is 0 Å². The first-order valence-corrected chi connectivity index (χ1v) is 5.21. The van der Waals surface area contributed by atoms with Crippen molar-refractivity contribution in [3.63, 3.8) is 0 Å². The number of hydrogen-bond donors (Lipinski definition) is 6. The lowest BCUT2D eigenvalue weighted by Crippen LogP contribution is -2.64. The van der Waals surface area contributed by atoms with Crippen LogP contribution in [0.15, 0.2) is 0 Å². The summed E-state index contributed by atoms with van der Waals surface area (Å²) in [7, 11) is 0. The Labute approximate surface area is 107 Å². The zero-order chi connectivity index (χ0) is 15.4. The number of aliphatic hydroxyl groups is 3. The van der Waals surface area contributed by atoms with Gasteiger partial charge in [0.1, 0.15) is 0 Å². The van der Waals surface area contributed by atoms with Crippen molar-refractivity contribution in [3.05, 3.63) is 0 Å². The van der Waals surface area contributed by atoms with E-state index >= 15 is 0 Å². The fourth-order valence-corrected chi connectivity index (χ4v) is 2.06. The average Bonchev–Trinajstić information content (AvgIpc) is 2.33. The average molecular weight is 280 g/mol. The lowest BCUT2D eigenvalue weighted by atomic mass is 9.58. The summed E-state index contributed by atoms with van der Waals surface area (Å²) in [4.78, 5) is 33.7. The van der Waals surface area contributed by atoms with Crippen LogP contribution < -0.4 is 0 Å². The zero-order valence-corrected chi connectivity index (χ0v) is 10.1. The second kappa shape index (κ2) is 5.95. The molecule has 0 radical (unpaired) electrons. The quantitative estimate of drug-likeness (QED) is 0.270. The molecule has 0 aliphatic heterocycles. The van der Waals surface area contributed by atoms with Crippen LogP contribution in [0.25, 0.3) is 0 Å². The maximum atomic E-state index is 11.2. The SMILES string of the molecule is CC(CO)C(CO)(CO)C(C(=O)O)(C(=O)O)C(=O)O. The van der Waals surface area contributed by atoms with E-state index in [0.717, 1.165) is 6.92 Å². The molecule has 0 saturated carbocycles. The topological polar surface area (TPSA) is 173 Å². The summed E-state index contributed by atoms with van der Waals surface area (Å²) in [6.45, 7) is -2.15. The highest BCUT2D eigenvalue weighted by Gasteiger charge is 2.69. The molecule has 1 atom stereocenters. The highest BCUT2D eigenvalue weighted by molar-refractivity contribution is 6.17. The first-order chi connectivity index (χ1) is 8.68. The van der Waals surface area contributed by atoms with Gasteiger partial charge in [0.25, 0.3) is 5.41 Å². The van der Waals surface area contributed by atoms with Crippen LogP contribution in [-0.4, -0.2) is 68.4 Å². The van der Waals surface area contributed by atoms with Gasteiger partial charge in [-0.05, 0) is 5.92 Å². The van der Waals surface area contributed by atoms with E-state index in [-0.39, 0.29) is 0 Å². The van der Waals surface area contributed by atoms with Crippen LogP contribution in [0.3, 0.4) is 0 Å². The van der Waals surface area contributed by atoms with E-state index < -0.39 is 54.5 Å². The molecule has 0 bridgehead atoms. The second-order valence-corrected chi connectivity index (χ2v) is 4.22. The van der Waals surface area contributed by atoms with Gasteiger partial charge in [0.05, 0.1) is 18.6 Å². The summed E-state index contributed by atoms with van der Waals surface area (Å²) in [5, 5.41) is 54.8. The van der Waals surface area contributed by atoms with Crippen LogP contribution in [0.2, 0.25) is 0 Å². The third kappa shape index (κ3) is 2.15. The molecule has 0 fully saturated rings. The molecule has 0 aliphatic rings. The molecule has 0 aromatic carbocycles. The molecule has 6 N–H and O–H groups in total. The summed E-state index contributed by atoms with van der Waals surface area (Å²) < 4.78 is 0. The summed E-state index contributed by atoms with van der Waals surface area (Å²) in [6, 6.07) is 0. The number of carboxylic acids is 3. The van der Waals surface area contributed by atoms with Gasteiger partial charge in [-0.15, -0.1) is 0 Å². The van der Waals surface area contributed by atoms with Crippen molar-refractivity contribution in [2.75, 3.05) is 19.8 Å². The molecule has 0 aliphatic carbocycles. The molecule has 0 rings (SSSR count). The molecular weight excluding hydrogens is 264 g/mol. The van der Waals surface area contributed by atoms with Crippen molar-refractivity contribution in [1.29, 1.82) is 0 Å². The van der Waals surface area contributed by atoms with Crippen molar-refractivity contribution in [3.8, 4) is 0 Å². The van der Waals surface area contributed by atoms with E-state index in [0.29, 0.717) is 0 Å². The molecular formula is C10H16O9. The zero-order valence-electron chi connectivity index (χ0n) is 10.1. The van der Waals surface area contributed by atoms with Crippen LogP contribution in [0, 0.1) is 16.7 Å². The van der Waals surface area contributed by atoms with Crippen LogP contribution in [0.1, 0.15) is 6.92 Å². The van der Waals surface area contributed by atoms with E-state index in [1.165, 1.54) is 0 Å². The van der Waals surface area contributed by atoms with Crippen molar-refractivity contribution in [1.82, 2.24) is 0 Å². The third-order valence-electron chi connectivity index (χ3n) is 3.49. The largest absolute Gasteiger partial charge is 0.480 e. The van der Waals surface area contributed by atoms with E-state index in [2.05, 4.69) is 0 Å². The maximum Gasteiger partial charge on any atom is 0.333 e.